The molecule has 7 nitrogen and oxygen atoms in total. The van der Waals surface area contributed by atoms with E-state index < -0.39 is 0 Å². The smallest absolute Gasteiger partial charge is 0.251 e. The number of carbonyl (C=O) groups is 1. The van der Waals surface area contributed by atoms with Gasteiger partial charge in [0.15, 0.2) is 5.96 Å². The second-order valence-electron chi connectivity index (χ2n) is 5.89. The molecule has 4 N–H and O–H groups in total. The van der Waals surface area contributed by atoms with Gasteiger partial charge in [-0.25, -0.2) is 0 Å². The molecule has 0 saturated carbocycles. The average molecular weight is 512 g/mol. The van der Waals surface area contributed by atoms with E-state index in [1.54, 1.807) is 12.1 Å². The van der Waals surface area contributed by atoms with Gasteiger partial charge < -0.3 is 25.8 Å². The van der Waals surface area contributed by atoms with E-state index in [2.05, 4.69) is 15.6 Å². The van der Waals surface area contributed by atoms with Gasteiger partial charge in [0.05, 0.1) is 18.9 Å². The first-order valence-electron chi connectivity index (χ1n) is 9.43. The topological polar surface area (TPSA) is 98.0 Å². The molecule has 0 aliphatic rings. The summed E-state index contributed by atoms with van der Waals surface area (Å²) in [4.78, 5) is 16.3. The summed E-state index contributed by atoms with van der Waals surface area (Å²) in [5.74, 6) is 1.60. The first kappa shape index (κ1) is 24.5. The van der Waals surface area contributed by atoms with Crippen LogP contribution in [0.3, 0.4) is 0 Å². The fourth-order valence-electron chi connectivity index (χ4n) is 2.49. The van der Waals surface area contributed by atoms with E-state index in [1.165, 1.54) is 0 Å². The molecule has 0 atom stereocenters. The van der Waals surface area contributed by atoms with Crippen molar-refractivity contribution in [2.75, 3.05) is 31.6 Å². The summed E-state index contributed by atoms with van der Waals surface area (Å²) in [6, 6.07) is 14.6. The van der Waals surface area contributed by atoms with Crippen molar-refractivity contribution >= 4 is 41.5 Å². The van der Waals surface area contributed by atoms with Gasteiger partial charge in [0, 0.05) is 24.7 Å². The zero-order valence-electron chi connectivity index (χ0n) is 16.8. The zero-order chi connectivity index (χ0) is 20.2. The SMILES string of the molecule is CCOc1ccc(OCC)c(NC(N)=NCCCNC(=O)c2ccccc2)c1.I. The van der Waals surface area contributed by atoms with Gasteiger partial charge >= 0.3 is 0 Å². The lowest BCUT2D eigenvalue weighted by molar-refractivity contribution is 0.0953. The Hall–Kier alpha value is -2.49. The maximum atomic E-state index is 12.0. The Morgan fingerprint density at radius 2 is 1.79 bits per heavy atom. The molecular formula is C21H29IN4O3. The lowest BCUT2D eigenvalue weighted by Gasteiger charge is -2.14. The Morgan fingerprint density at radius 1 is 1.07 bits per heavy atom. The third-order valence-electron chi connectivity index (χ3n) is 3.76. The second-order valence-corrected chi connectivity index (χ2v) is 5.89. The third-order valence-corrected chi connectivity index (χ3v) is 3.76. The monoisotopic (exact) mass is 512 g/mol. The molecule has 0 aliphatic carbocycles. The van der Waals surface area contributed by atoms with Crippen molar-refractivity contribution in [1.29, 1.82) is 0 Å². The molecule has 2 aromatic rings. The maximum Gasteiger partial charge on any atom is 0.251 e. The number of nitrogens with one attached hydrogen (secondary N) is 2. The standard InChI is InChI=1S/C21H28N4O3.HI/c1-3-27-17-11-12-19(28-4-2)18(15-17)25-21(22)24-14-8-13-23-20(26)16-9-6-5-7-10-16;/h5-7,9-12,15H,3-4,8,13-14H2,1-2H3,(H,23,26)(H3,22,24,25);1H. The number of benzene rings is 2. The van der Waals surface area contributed by atoms with Gasteiger partial charge in [0.25, 0.3) is 5.91 Å². The van der Waals surface area contributed by atoms with Crippen LogP contribution in [0.25, 0.3) is 0 Å². The van der Waals surface area contributed by atoms with Gasteiger partial charge in [-0.1, -0.05) is 18.2 Å². The van der Waals surface area contributed by atoms with Gasteiger partial charge in [0.1, 0.15) is 11.5 Å². The molecule has 0 aliphatic heterocycles. The normalized spacial score (nSPS) is 10.6. The molecular weight excluding hydrogens is 483 g/mol. The van der Waals surface area contributed by atoms with Gasteiger partial charge in [-0.2, -0.15) is 0 Å². The number of hydrogen-bond donors (Lipinski definition) is 3. The fourth-order valence-corrected chi connectivity index (χ4v) is 2.49. The van der Waals surface area contributed by atoms with Gasteiger partial charge in [0.2, 0.25) is 0 Å². The Labute approximate surface area is 189 Å². The molecule has 8 heteroatoms. The molecule has 29 heavy (non-hydrogen) atoms. The van der Waals surface area contributed by atoms with E-state index in [-0.39, 0.29) is 35.8 Å². The van der Waals surface area contributed by atoms with Crippen molar-refractivity contribution in [1.82, 2.24) is 5.32 Å². The van der Waals surface area contributed by atoms with Crippen LogP contribution in [-0.4, -0.2) is 38.2 Å². The van der Waals surface area contributed by atoms with Crippen LogP contribution >= 0.6 is 24.0 Å². The fraction of sp³-hybridized carbons (Fsp3) is 0.333. The molecule has 0 aromatic heterocycles. The highest BCUT2D eigenvalue weighted by atomic mass is 127. The van der Waals surface area contributed by atoms with Crippen molar-refractivity contribution in [2.45, 2.75) is 20.3 Å². The van der Waals surface area contributed by atoms with Crippen LogP contribution in [0.5, 0.6) is 11.5 Å². The zero-order valence-corrected chi connectivity index (χ0v) is 19.1. The number of rotatable bonds is 10. The van der Waals surface area contributed by atoms with Crippen LogP contribution in [0.15, 0.2) is 53.5 Å². The van der Waals surface area contributed by atoms with E-state index in [1.807, 2.05) is 50.2 Å². The number of hydrogen-bond acceptors (Lipinski definition) is 4. The molecule has 2 rings (SSSR count). The lowest BCUT2D eigenvalue weighted by atomic mass is 10.2. The largest absolute Gasteiger partial charge is 0.494 e. The van der Waals surface area contributed by atoms with E-state index in [0.29, 0.717) is 49.7 Å². The maximum absolute atomic E-state index is 12.0. The van der Waals surface area contributed by atoms with Crippen molar-refractivity contribution in [3.63, 3.8) is 0 Å². The van der Waals surface area contributed by atoms with E-state index in [4.69, 9.17) is 15.2 Å². The Kier molecular flexibility index (Phi) is 11.6. The van der Waals surface area contributed by atoms with Gasteiger partial charge in [-0.05, 0) is 44.5 Å². The minimum absolute atomic E-state index is 0. The van der Waals surface area contributed by atoms with Crippen molar-refractivity contribution in [3.05, 3.63) is 54.1 Å². The Morgan fingerprint density at radius 3 is 2.48 bits per heavy atom. The molecule has 0 heterocycles. The number of carbonyl (C=O) groups excluding carboxylic acids is 1. The summed E-state index contributed by atoms with van der Waals surface area (Å²) < 4.78 is 11.1. The number of aliphatic imine (C=N–C) groups is 1. The van der Waals surface area contributed by atoms with Gasteiger partial charge in [-0.15, -0.1) is 24.0 Å². The molecule has 0 unspecified atom stereocenters. The first-order valence-corrected chi connectivity index (χ1v) is 9.43. The van der Waals surface area contributed by atoms with Crippen LogP contribution in [0.2, 0.25) is 0 Å². The number of ether oxygens (including phenoxy) is 2. The number of amides is 1. The van der Waals surface area contributed by atoms with E-state index in [0.717, 1.165) is 5.75 Å². The molecule has 0 saturated heterocycles. The number of nitrogens with two attached hydrogens (primary N) is 1. The van der Waals surface area contributed by atoms with Crippen LogP contribution in [0.1, 0.15) is 30.6 Å². The highest BCUT2D eigenvalue weighted by Crippen LogP contribution is 2.29. The molecule has 0 fully saturated rings. The van der Waals surface area contributed by atoms with Crippen LogP contribution < -0.4 is 25.8 Å². The minimum atomic E-state index is -0.0928. The van der Waals surface area contributed by atoms with Crippen molar-refractivity contribution in [2.24, 2.45) is 10.7 Å². The second kappa shape index (κ2) is 13.6. The van der Waals surface area contributed by atoms with Crippen LogP contribution in [0.4, 0.5) is 5.69 Å². The highest BCUT2D eigenvalue weighted by molar-refractivity contribution is 14.0. The van der Waals surface area contributed by atoms with Gasteiger partial charge in [-0.3, -0.25) is 9.79 Å². The van der Waals surface area contributed by atoms with Crippen molar-refractivity contribution < 1.29 is 14.3 Å². The third kappa shape index (κ3) is 8.59. The molecule has 0 spiro atoms. The molecule has 1 amide bonds. The summed E-state index contributed by atoms with van der Waals surface area (Å²) in [6.45, 7) is 5.97. The molecule has 158 valence electrons. The first-order chi connectivity index (χ1) is 13.6. The summed E-state index contributed by atoms with van der Waals surface area (Å²) in [5.41, 5.74) is 7.33. The number of guanidine groups is 1. The van der Waals surface area contributed by atoms with Crippen LogP contribution in [0, 0.1) is 0 Å². The average Bonchev–Trinajstić information content (AvgIpc) is 2.70. The molecule has 0 radical (unpaired) electrons. The van der Waals surface area contributed by atoms with E-state index in [9.17, 15) is 4.79 Å². The quantitative estimate of drug-likeness (QED) is 0.196. The summed E-state index contributed by atoms with van der Waals surface area (Å²) >= 11 is 0. The lowest BCUT2D eigenvalue weighted by Crippen LogP contribution is -2.26. The molecule has 0 bridgehead atoms. The van der Waals surface area contributed by atoms with E-state index >= 15 is 0 Å². The summed E-state index contributed by atoms with van der Waals surface area (Å²) in [5, 5.41) is 5.92. The predicted octanol–water partition coefficient (Wildman–Crippen LogP) is 3.65. The number of halogens is 1. The predicted molar refractivity (Wildman–Crippen MR) is 128 cm³/mol. The Balaban J connectivity index is 0.00000420. The Bertz CT molecular complexity index is 785. The summed E-state index contributed by atoms with van der Waals surface area (Å²) in [6.07, 6.45) is 0.679. The van der Waals surface area contributed by atoms with Crippen LogP contribution in [-0.2, 0) is 0 Å². The molecule has 2 aromatic carbocycles. The van der Waals surface area contributed by atoms with Crippen molar-refractivity contribution in [3.8, 4) is 11.5 Å². The highest BCUT2D eigenvalue weighted by Gasteiger charge is 2.07. The minimum Gasteiger partial charge on any atom is -0.494 e. The summed E-state index contributed by atoms with van der Waals surface area (Å²) in [7, 11) is 0. The number of anilines is 1. The number of nitrogens with zero attached hydrogens (tertiary/aromatic N) is 1.